The highest BCUT2D eigenvalue weighted by Gasteiger charge is 2.37. The highest BCUT2D eigenvalue weighted by atomic mass is 16.5. The zero-order chi connectivity index (χ0) is 19.4. The minimum absolute atomic E-state index is 0.0476. The van der Waals surface area contributed by atoms with Crippen molar-refractivity contribution in [3.05, 3.63) is 28.8 Å². The van der Waals surface area contributed by atoms with Crippen LogP contribution in [0.3, 0.4) is 0 Å². The fourth-order valence-corrected chi connectivity index (χ4v) is 3.73. The first kappa shape index (κ1) is 20.7. The number of hydrogen-bond donors (Lipinski definition) is 2. The summed E-state index contributed by atoms with van der Waals surface area (Å²) in [6, 6.07) is 5.10. The molecular formula is C21H35N3O2. The minimum atomic E-state index is -0.0476. The molecule has 0 radical (unpaired) electrons. The van der Waals surface area contributed by atoms with Crippen molar-refractivity contribution in [1.29, 1.82) is 0 Å². The lowest BCUT2D eigenvalue weighted by molar-refractivity contribution is -0.126. The number of carbonyl (C=O) groups excluding carboxylic acids is 1. The van der Waals surface area contributed by atoms with Crippen LogP contribution in [0.1, 0.15) is 50.8 Å². The number of hydrogen-bond acceptors (Lipinski definition) is 4. The Labute approximate surface area is 158 Å². The molecule has 2 N–H and O–H groups in total. The monoisotopic (exact) mass is 361 g/mol. The average Bonchev–Trinajstić information content (AvgIpc) is 2.99. The van der Waals surface area contributed by atoms with Crippen molar-refractivity contribution in [3.63, 3.8) is 0 Å². The Morgan fingerprint density at radius 2 is 1.92 bits per heavy atom. The second-order valence-electron chi connectivity index (χ2n) is 8.03. The maximum atomic E-state index is 12.6. The van der Waals surface area contributed by atoms with Crippen molar-refractivity contribution >= 4 is 5.91 Å². The predicted molar refractivity (Wildman–Crippen MR) is 107 cm³/mol. The summed E-state index contributed by atoms with van der Waals surface area (Å²) >= 11 is 0. The molecular weight excluding hydrogens is 326 g/mol. The molecule has 1 aromatic carbocycles. The molecule has 1 aromatic rings. The molecule has 1 saturated heterocycles. The van der Waals surface area contributed by atoms with Crippen molar-refractivity contribution in [3.8, 4) is 5.75 Å². The van der Waals surface area contributed by atoms with E-state index in [0.29, 0.717) is 12.1 Å². The maximum absolute atomic E-state index is 12.6. The number of nitrogens with one attached hydrogen (secondary N) is 2. The number of methoxy groups -OCH3 is 1. The summed E-state index contributed by atoms with van der Waals surface area (Å²) in [5.41, 5.74) is 3.67. The van der Waals surface area contributed by atoms with Crippen LogP contribution in [0.5, 0.6) is 5.75 Å². The lowest BCUT2D eigenvalue weighted by atomic mass is 10.0. The number of rotatable bonds is 7. The smallest absolute Gasteiger partial charge is 0.237 e. The van der Waals surface area contributed by atoms with E-state index in [1.54, 1.807) is 7.11 Å². The lowest BCUT2D eigenvalue weighted by Crippen LogP contribution is -2.47. The standard InChI is InChI=1S/C21H35N3O2/c1-13(2)23-21(25)19-10-18(12-24(19)14(3)4)22-11-17-8-16(6)20(26-7)9-15(17)5/h8-9,13-14,18-19,22H,10-12H2,1-7H3,(H,23,25)/t18-,19+/m1/s1. The van der Waals surface area contributed by atoms with E-state index >= 15 is 0 Å². The lowest BCUT2D eigenvalue weighted by Gasteiger charge is -2.27. The average molecular weight is 362 g/mol. The normalized spacial score (nSPS) is 20.8. The van der Waals surface area contributed by atoms with Gasteiger partial charge in [-0.05, 0) is 70.7 Å². The number of ether oxygens (including phenoxy) is 1. The third-order valence-corrected chi connectivity index (χ3v) is 5.17. The summed E-state index contributed by atoms with van der Waals surface area (Å²) in [6.45, 7) is 14.3. The van der Waals surface area contributed by atoms with Gasteiger partial charge in [-0.15, -0.1) is 0 Å². The van der Waals surface area contributed by atoms with Crippen LogP contribution in [0.15, 0.2) is 12.1 Å². The molecule has 0 unspecified atom stereocenters. The quantitative estimate of drug-likeness (QED) is 0.784. The van der Waals surface area contributed by atoms with E-state index in [-0.39, 0.29) is 18.0 Å². The van der Waals surface area contributed by atoms with Crippen molar-refractivity contribution < 1.29 is 9.53 Å². The van der Waals surface area contributed by atoms with Crippen LogP contribution in [0, 0.1) is 13.8 Å². The molecule has 1 amide bonds. The van der Waals surface area contributed by atoms with E-state index < -0.39 is 0 Å². The van der Waals surface area contributed by atoms with Gasteiger partial charge in [-0.2, -0.15) is 0 Å². The first-order chi connectivity index (χ1) is 12.2. The zero-order valence-corrected chi connectivity index (χ0v) is 17.3. The van der Waals surface area contributed by atoms with E-state index in [0.717, 1.165) is 30.8 Å². The topological polar surface area (TPSA) is 53.6 Å². The molecule has 0 aromatic heterocycles. The van der Waals surface area contributed by atoms with Gasteiger partial charge in [0.05, 0.1) is 13.2 Å². The van der Waals surface area contributed by atoms with Gasteiger partial charge in [-0.25, -0.2) is 0 Å². The fourth-order valence-electron chi connectivity index (χ4n) is 3.73. The van der Waals surface area contributed by atoms with Gasteiger partial charge >= 0.3 is 0 Å². The highest BCUT2D eigenvalue weighted by Crippen LogP contribution is 2.24. The third kappa shape index (κ3) is 4.98. The van der Waals surface area contributed by atoms with E-state index in [1.807, 2.05) is 13.8 Å². The third-order valence-electron chi connectivity index (χ3n) is 5.17. The van der Waals surface area contributed by atoms with Gasteiger partial charge in [-0.3, -0.25) is 9.69 Å². The second kappa shape index (κ2) is 8.87. The molecule has 5 heteroatoms. The van der Waals surface area contributed by atoms with E-state index in [1.165, 1.54) is 11.1 Å². The Hall–Kier alpha value is -1.59. The number of likely N-dealkylation sites (tertiary alicyclic amines) is 1. The number of aryl methyl sites for hydroxylation is 2. The molecule has 2 rings (SSSR count). The number of nitrogens with zero attached hydrogens (tertiary/aromatic N) is 1. The van der Waals surface area contributed by atoms with E-state index in [9.17, 15) is 4.79 Å². The fraction of sp³-hybridized carbons (Fsp3) is 0.667. The first-order valence-corrected chi connectivity index (χ1v) is 9.66. The molecule has 0 saturated carbocycles. The first-order valence-electron chi connectivity index (χ1n) is 9.66. The Bertz CT molecular complexity index is 628. The van der Waals surface area contributed by atoms with Crippen LogP contribution in [-0.4, -0.2) is 48.6 Å². The van der Waals surface area contributed by atoms with Crippen LogP contribution in [-0.2, 0) is 11.3 Å². The zero-order valence-electron chi connectivity index (χ0n) is 17.3. The van der Waals surface area contributed by atoms with Crippen LogP contribution < -0.4 is 15.4 Å². The Kier molecular flexibility index (Phi) is 7.07. The van der Waals surface area contributed by atoms with Crippen LogP contribution >= 0.6 is 0 Å². The van der Waals surface area contributed by atoms with Gasteiger partial charge in [0.25, 0.3) is 0 Å². The number of carbonyl (C=O) groups is 1. The molecule has 0 bridgehead atoms. The molecule has 26 heavy (non-hydrogen) atoms. The van der Waals surface area contributed by atoms with Gasteiger partial charge < -0.3 is 15.4 Å². The molecule has 1 aliphatic rings. The number of amides is 1. The summed E-state index contributed by atoms with van der Waals surface area (Å²) < 4.78 is 5.40. The Morgan fingerprint density at radius 3 is 2.50 bits per heavy atom. The van der Waals surface area contributed by atoms with Crippen molar-refractivity contribution in [1.82, 2.24) is 15.5 Å². The summed E-state index contributed by atoms with van der Waals surface area (Å²) in [4.78, 5) is 14.9. The van der Waals surface area contributed by atoms with E-state index in [2.05, 4.69) is 55.4 Å². The summed E-state index contributed by atoms with van der Waals surface area (Å²) in [5, 5.41) is 6.73. The summed E-state index contributed by atoms with van der Waals surface area (Å²) in [5.74, 6) is 1.08. The molecule has 0 aliphatic carbocycles. The molecule has 5 nitrogen and oxygen atoms in total. The largest absolute Gasteiger partial charge is 0.496 e. The van der Waals surface area contributed by atoms with Crippen LogP contribution in [0.2, 0.25) is 0 Å². The van der Waals surface area contributed by atoms with Gasteiger partial charge in [0.15, 0.2) is 0 Å². The van der Waals surface area contributed by atoms with Crippen LogP contribution in [0.25, 0.3) is 0 Å². The number of benzene rings is 1. The molecule has 1 aliphatic heterocycles. The molecule has 1 heterocycles. The summed E-state index contributed by atoms with van der Waals surface area (Å²) in [7, 11) is 1.71. The van der Waals surface area contributed by atoms with Gasteiger partial charge in [0.2, 0.25) is 5.91 Å². The Balaban J connectivity index is 2.02. The van der Waals surface area contributed by atoms with Crippen molar-refractivity contribution in [2.45, 2.75) is 78.7 Å². The van der Waals surface area contributed by atoms with Gasteiger partial charge in [-0.1, -0.05) is 6.07 Å². The summed E-state index contributed by atoms with van der Waals surface area (Å²) in [6.07, 6.45) is 0.852. The Morgan fingerprint density at radius 1 is 1.23 bits per heavy atom. The molecule has 0 spiro atoms. The van der Waals surface area contributed by atoms with E-state index in [4.69, 9.17) is 4.74 Å². The molecule has 146 valence electrons. The second-order valence-corrected chi connectivity index (χ2v) is 8.03. The molecule has 2 atom stereocenters. The van der Waals surface area contributed by atoms with Crippen molar-refractivity contribution in [2.75, 3.05) is 13.7 Å². The van der Waals surface area contributed by atoms with Gasteiger partial charge in [0, 0.05) is 31.2 Å². The predicted octanol–water partition coefficient (Wildman–Crippen LogP) is 2.78. The maximum Gasteiger partial charge on any atom is 0.237 e. The van der Waals surface area contributed by atoms with Gasteiger partial charge in [0.1, 0.15) is 5.75 Å². The highest BCUT2D eigenvalue weighted by molar-refractivity contribution is 5.82. The SMILES string of the molecule is COc1cc(C)c(CN[C@@H]2C[C@@H](C(=O)NC(C)C)N(C(C)C)C2)cc1C. The van der Waals surface area contributed by atoms with Crippen molar-refractivity contribution in [2.24, 2.45) is 0 Å². The van der Waals surface area contributed by atoms with Crippen LogP contribution in [0.4, 0.5) is 0 Å². The molecule has 1 fully saturated rings. The minimum Gasteiger partial charge on any atom is -0.496 e.